The van der Waals surface area contributed by atoms with Crippen LogP contribution in [-0.4, -0.2) is 25.5 Å². The zero-order valence-electron chi connectivity index (χ0n) is 18.1. The van der Waals surface area contributed by atoms with Crippen LogP contribution in [0, 0.1) is 11.7 Å². The fourth-order valence-electron chi connectivity index (χ4n) is 3.78. The predicted octanol–water partition coefficient (Wildman–Crippen LogP) is 5.64. The number of hydrogen-bond donors (Lipinski definition) is 0. The monoisotopic (exact) mass is 467 g/mol. The molecule has 33 heavy (non-hydrogen) atoms. The standard InChI is InChI=1S/C26H23ClFNO4/c1-32-25(30)13-6-19-15-29(26(19)31)24-12-9-21(28)14-23(24)18-4-10-22(11-5-18)33-16-17-2-7-20(27)8-3-17/h2-5,7-12,14,19H,6,13,15-16H2,1H3. The van der Waals surface area contributed by atoms with Crippen LogP contribution in [0.1, 0.15) is 18.4 Å². The lowest BCUT2D eigenvalue weighted by molar-refractivity contribution is -0.141. The van der Waals surface area contributed by atoms with Crippen molar-refractivity contribution in [1.29, 1.82) is 0 Å². The molecule has 0 saturated carbocycles. The molecule has 0 radical (unpaired) electrons. The summed E-state index contributed by atoms with van der Waals surface area (Å²) < 4.78 is 24.5. The summed E-state index contributed by atoms with van der Waals surface area (Å²) in [6.45, 7) is 0.883. The Morgan fingerprint density at radius 2 is 1.82 bits per heavy atom. The summed E-state index contributed by atoms with van der Waals surface area (Å²) in [7, 11) is 1.33. The highest BCUT2D eigenvalue weighted by Crippen LogP contribution is 2.37. The summed E-state index contributed by atoms with van der Waals surface area (Å²) in [6.07, 6.45) is 0.646. The highest BCUT2D eigenvalue weighted by molar-refractivity contribution is 6.30. The number of benzene rings is 3. The second-order valence-corrected chi connectivity index (χ2v) is 8.30. The second-order valence-electron chi connectivity index (χ2n) is 7.86. The molecule has 0 bridgehead atoms. The summed E-state index contributed by atoms with van der Waals surface area (Å²) in [5.74, 6) is -0.344. The number of methoxy groups -OCH3 is 1. The Labute approximate surface area is 196 Å². The molecule has 1 aliphatic rings. The highest BCUT2D eigenvalue weighted by atomic mass is 35.5. The summed E-state index contributed by atoms with van der Waals surface area (Å²) >= 11 is 5.91. The first-order chi connectivity index (χ1) is 15.9. The minimum Gasteiger partial charge on any atom is -0.489 e. The Morgan fingerprint density at radius 3 is 2.48 bits per heavy atom. The van der Waals surface area contributed by atoms with Gasteiger partial charge in [0.25, 0.3) is 0 Å². The maximum atomic E-state index is 14.1. The van der Waals surface area contributed by atoms with Gasteiger partial charge >= 0.3 is 5.97 Å². The number of β-lactam (4-membered cyclic amide) rings is 1. The molecule has 0 N–H and O–H groups in total. The summed E-state index contributed by atoms with van der Waals surface area (Å²) in [6, 6.07) is 19.1. The van der Waals surface area contributed by atoms with E-state index in [9.17, 15) is 14.0 Å². The van der Waals surface area contributed by atoms with Gasteiger partial charge in [-0.05, 0) is 60.0 Å². The quantitative estimate of drug-likeness (QED) is 0.318. The molecule has 7 heteroatoms. The van der Waals surface area contributed by atoms with Gasteiger partial charge in [-0.1, -0.05) is 35.9 Å². The summed E-state index contributed by atoms with van der Waals surface area (Å²) in [4.78, 5) is 25.7. The topological polar surface area (TPSA) is 55.8 Å². The lowest BCUT2D eigenvalue weighted by Gasteiger charge is -2.39. The molecule has 0 spiro atoms. The molecule has 170 valence electrons. The van der Waals surface area contributed by atoms with Gasteiger partial charge in [0.15, 0.2) is 0 Å². The van der Waals surface area contributed by atoms with Crippen molar-refractivity contribution in [3.8, 4) is 16.9 Å². The van der Waals surface area contributed by atoms with E-state index >= 15 is 0 Å². The van der Waals surface area contributed by atoms with Crippen LogP contribution in [0.2, 0.25) is 5.02 Å². The van der Waals surface area contributed by atoms with Gasteiger partial charge in [-0.2, -0.15) is 0 Å². The second kappa shape index (κ2) is 10.0. The molecule has 4 rings (SSSR count). The average molecular weight is 468 g/mol. The first kappa shape index (κ1) is 22.8. The fraction of sp³-hybridized carbons (Fsp3) is 0.231. The van der Waals surface area contributed by atoms with Crippen LogP contribution in [0.25, 0.3) is 11.1 Å². The fourth-order valence-corrected chi connectivity index (χ4v) is 3.90. The lowest BCUT2D eigenvalue weighted by atomic mass is 9.91. The third-order valence-electron chi connectivity index (χ3n) is 5.68. The van der Waals surface area contributed by atoms with Crippen molar-refractivity contribution in [3.05, 3.63) is 83.1 Å². The van der Waals surface area contributed by atoms with Gasteiger partial charge in [0.1, 0.15) is 18.2 Å². The van der Waals surface area contributed by atoms with Gasteiger partial charge < -0.3 is 14.4 Å². The van der Waals surface area contributed by atoms with Crippen molar-refractivity contribution in [3.63, 3.8) is 0 Å². The van der Waals surface area contributed by atoms with Crippen molar-refractivity contribution in [1.82, 2.24) is 0 Å². The summed E-state index contributed by atoms with van der Waals surface area (Å²) in [5, 5.41) is 0.671. The van der Waals surface area contributed by atoms with Crippen molar-refractivity contribution in [2.24, 2.45) is 5.92 Å². The number of hydrogen-bond acceptors (Lipinski definition) is 4. The molecule has 1 aliphatic heterocycles. The number of ether oxygens (including phenoxy) is 2. The van der Waals surface area contributed by atoms with Crippen LogP contribution >= 0.6 is 11.6 Å². The number of carbonyl (C=O) groups excluding carboxylic acids is 2. The first-order valence-electron chi connectivity index (χ1n) is 10.6. The van der Waals surface area contributed by atoms with E-state index in [4.69, 9.17) is 16.3 Å². The van der Waals surface area contributed by atoms with E-state index in [0.29, 0.717) is 41.6 Å². The number of nitrogens with zero attached hydrogens (tertiary/aromatic N) is 1. The number of anilines is 1. The van der Waals surface area contributed by atoms with Crippen molar-refractivity contribution in [2.75, 3.05) is 18.6 Å². The molecular formula is C26H23ClFNO4. The zero-order valence-corrected chi connectivity index (χ0v) is 18.8. The van der Waals surface area contributed by atoms with E-state index in [1.165, 1.54) is 19.2 Å². The van der Waals surface area contributed by atoms with Crippen molar-refractivity contribution < 1.29 is 23.5 Å². The molecular weight excluding hydrogens is 445 g/mol. The number of rotatable bonds is 8. The summed E-state index contributed by atoms with van der Waals surface area (Å²) in [5.41, 5.74) is 3.03. The van der Waals surface area contributed by atoms with Crippen LogP contribution in [0.5, 0.6) is 5.75 Å². The van der Waals surface area contributed by atoms with Crippen LogP contribution in [0.3, 0.4) is 0 Å². The average Bonchev–Trinajstić information content (AvgIpc) is 2.83. The molecule has 3 aromatic carbocycles. The van der Waals surface area contributed by atoms with Gasteiger partial charge in [0.2, 0.25) is 5.91 Å². The van der Waals surface area contributed by atoms with Gasteiger partial charge in [0, 0.05) is 23.6 Å². The number of amides is 1. The van der Waals surface area contributed by atoms with Crippen molar-refractivity contribution in [2.45, 2.75) is 19.4 Å². The smallest absolute Gasteiger partial charge is 0.305 e. The molecule has 1 atom stereocenters. The lowest BCUT2D eigenvalue weighted by Crippen LogP contribution is -2.53. The molecule has 1 amide bonds. The van der Waals surface area contributed by atoms with Crippen LogP contribution in [-0.2, 0) is 20.9 Å². The maximum Gasteiger partial charge on any atom is 0.305 e. The first-order valence-corrected chi connectivity index (χ1v) is 11.0. The van der Waals surface area contributed by atoms with Crippen LogP contribution in [0.4, 0.5) is 10.1 Å². The van der Waals surface area contributed by atoms with Crippen LogP contribution in [0.15, 0.2) is 66.7 Å². The third-order valence-corrected chi connectivity index (χ3v) is 5.93. The molecule has 1 heterocycles. The van der Waals surface area contributed by atoms with E-state index in [2.05, 4.69) is 4.74 Å². The van der Waals surface area contributed by atoms with Crippen LogP contribution < -0.4 is 9.64 Å². The normalized spacial score (nSPS) is 15.2. The Kier molecular flexibility index (Phi) is 6.94. The van der Waals surface area contributed by atoms with E-state index in [1.807, 2.05) is 48.5 Å². The molecule has 0 aromatic heterocycles. The van der Waals surface area contributed by atoms with Gasteiger partial charge in [0.05, 0.1) is 18.7 Å². The Morgan fingerprint density at radius 1 is 1.09 bits per heavy atom. The Bertz CT molecular complexity index is 1150. The maximum absolute atomic E-state index is 14.1. The minimum absolute atomic E-state index is 0.0744. The number of carbonyl (C=O) groups is 2. The van der Waals surface area contributed by atoms with Gasteiger partial charge in [-0.15, -0.1) is 0 Å². The van der Waals surface area contributed by atoms with E-state index in [-0.39, 0.29) is 30.0 Å². The van der Waals surface area contributed by atoms with E-state index in [1.54, 1.807) is 11.0 Å². The predicted molar refractivity (Wildman–Crippen MR) is 125 cm³/mol. The number of halogens is 2. The van der Waals surface area contributed by atoms with Crippen molar-refractivity contribution >= 4 is 29.2 Å². The highest BCUT2D eigenvalue weighted by Gasteiger charge is 2.38. The van der Waals surface area contributed by atoms with E-state index in [0.717, 1.165) is 11.1 Å². The number of esters is 1. The Hall–Kier alpha value is -3.38. The molecule has 3 aromatic rings. The van der Waals surface area contributed by atoms with Gasteiger partial charge in [-0.25, -0.2) is 4.39 Å². The molecule has 1 unspecified atom stereocenters. The zero-order chi connectivity index (χ0) is 23.4. The molecule has 1 fully saturated rings. The Balaban J connectivity index is 1.46. The third kappa shape index (κ3) is 5.34. The molecule has 0 aliphatic carbocycles. The van der Waals surface area contributed by atoms with E-state index < -0.39 is 0 Å². The minimum atomic E-state index is -0.382. The largest absolute Gasteiger partial charge is 0.489 e. The van der Waals surface area contributed by atoms with Gasteiger partial charge in [-0.3, -0.25) is 9.59 Å². The molecule has 1 saturated heterocycles. The SMILES string of the molecule is COC(=O)CCC1CN(c2ccc(F)cc2-c2ccc(OCc3ccc(Cl)cc3)cc2)C1=O. The molecule has 5 nitrogen and oxygen atoms in total.